The van der Waals surface area contributed by atoms with Crippen molar-refractivity contribution in [2.75, 3.05) is 27.3 Å². The highest BCUT2D eigenvalue weighted by Gasteiger charge is 2.13. The van der Waals surface area contributed by atoms with Crippen LogP contribution in [0.25, 0.3) is 11.1 Å². The zero-order chi connectivity index (χ0) is 23.9. The summed E-state index contributed by atoms with van der Waals surface area (Å²) in [5, 5.41) is 9.52. The molecule has 0 atom stereocenters. The van der Waals surface area contributed by atoms with Gasteiger partial charge in [-0.15, -0.1) is 0 Å². The van der Waals surface area contributed by atoms with E-state index in [0.29, 0.717) is 30.2 Å². The molecule has 176 valence electrons. The predicted octanol–water partition coefficient (Wildman–Crippen LogP) is 3.05. The smallest absolute Gasteiger partial charge is 0.251 e. The number of carbonyl (C=O) groups excluding carboxylic acids is 1. The van der Waals surface area contributed by atoms with E-state index < -0.39 is 0 Å². The summed E-state index contributed by atoms with van der Waals surface area (Å²) < 4.78 is 10.7. The predicted molar refractivity (Wildman–Crippen MR) is 132 cm³/mol. The van der Waals surface area contributed by atoms with Gasteiger partial charge in [0.25, 0.3) is 5.91 Å². The lowest BCUT2D eigenvalue weighted by atomic mass is 9.97. The number of nitrogens with zero attached hydrogens (tertiary/aromatic N) is 2. The van der Waals surface area contributed by atoms with Gasteiger partial charge in [0.15, 0.2) is 5.96 Å². The van der Waals surface area contributed by atoms with Crippen molar-refractivity contribution < 1.29 is 14.3 Å². The Hall–Kier alpha value is -4.07. The van der Waals surface area contributed by atoms with Crippen LogP contribution in [0.5, 0.6) is 11.5 Å². The molecule has 3 N–H and O–H groups in total. The third kappa shape index (κ3) is 5.64. The number of nitrogens with one attached hydrogen (secondary N) is 3. The van der Waals surface area contributed by atoms with Gasteiger partial charge in [-0.05, 0) is 65.6 Å². The van der Waals surface area contributed by atoms with Crippen LogP contribution >= 0.6 is 0 Å². The number of amides is 1. The molecule has 1 aliphatic heterocycles. The van der Waals surface area contributed by atoms with Crippen LogP contribution in [0.4, 0.5) is 0 Å². The number of carbonyl (C=O) groups is 1. The molecule has 34 heavy (non-hydrogen) atoms. The summed E-state index contributed by atoms with van der Waals surface area (Å²) in [5.41, 5.74) is 5.47. The Labute approximate surface area is 199 Å². The van der Waals surface area contributed by atoms with E-state index in [0.717, 1.165) is 46.9 Å². The molecule has 0 spiro atoms. The monoisotopic (exact) mass is 459 g/mol. The maximum atomic E-state index is 13.2. The molecule has 8 heteroatoms. The Kier molecular flexibility index (Phi) is 7.27. The van der Waals surface area contributed by atoms with Crippen LogP contribution in [-0.4, -0.2) is 44.2 Å². The molecular formula is C26H29N5O3. The summed E-state index contributed by atoms with van der Waals surface area (Å²) in [6.45, 7) is 4.53. The Morgan fingerprint density at radius 3 is 2.47 bits per heavy atom. The number of rotatable bonds is 8. The van der Waals surface area contributed by atoms with Gasteiger partial charge in [0.1, 0.15) is 11.5 Å². The molecule has 0 fully saturated rings. The van der Waals surface area contributed by atoms with E-state index in [2.05, 4.69) is 32.0 Å². The van der Waals surface area contributed by atoms with Gasteiger partial charge in [-0.2, -0.15) is 0 Å². The minimum absolute atomic E-state index is 0.164. The fourth-order valence-electron chi connectivity index (χ4n) is 3.80. The van der Waals surface area contributed by atoms with E-state index in [9.17, 15) is 4.79 Å². The summed E-state index contributed by atoms with van der Waals surface area (Å²) in [7, 11) is 3.20. The van der Waals surface area contributed by atoms with Gasteiger partial charge < -0.3 is 25.4 Å². The summed E-state index contributed by atoms with van der Waals surface area (Å²) in [5.74, 6) is 1.97. The van der Waals surface area contributed by atoms with Crippen molar-refractivity contribution in [2.24, 2.45) is 4.99 Å². The van der Waals surface area contributed by atoms with Gasteiger partial charge in [-0.25, -0.2) is 0 Å². The van der Waals surface area contributed by atoms with Crippen molar-refractivity contribution in [3.63, 3.8) is 0 Å². The van der Waals surface area contributed by atoms with E-state index in [1.807, 2.05) is 43.5 Å². The lowest BCUT2D eigenvalue weighted by Crippen LogP contribution is -2.33. The van der Waals surface area contributed by atoms with Crippen molar-refractivity contribution in [3.8, 4) is 22.6 Å². The van der Waals surface area contributed by atoms with Crippen LogP contribution in [0.3, 0.4) is 0 Å². The second-order valence-electron chi connectivity index (χ2n) is 8.02. The van der Waals surface area contributed by atoms with E-state index in [1.54, 1.807) is 26.5 Å². The molecule has 0 aliphatic carbocycles. The van der Waals surface area contributed by atoms with Crippen molar-refractivity contribution >= 4 is 11.9 Å². The highest BCUT2D eigenvalue weighted by molar-refractivity contribution is 5.96. The maximum Gasteiger partial charge on any atom is 0.251 e. The lowest BCUT2D eigenvalue weighted by molar-refractivity contribution is 0.0950. The van der Waals surface area contributed by atoms with Crippen LogP contribution in [0.15, 0.2) is 59.9 Å². The lowest BCUT2D eigenvalue weighted by Gasteiger charge is -2.14. The third-order valence-electron chi connectivity index (χ3n) is 5.60. The highest BCUT2D eigenvalue weighted by atomic mass is 16.5. The number of hydrogen-bond acceptors (Lipinski definition) is 7. The average molecular weight is 460 g/mol. The first kappa shape index (κ1) is 23.1. The van der Waals surface area contributed by atoms with Crippen molar-refractivity contribution in [2.45, 2.75) is 20.0 Å². The molecule has 0 saturated heterocycles. The second kappa shape index (κ2) is 10.7. The van der Waals surface area contributed by atoms with Gasteiger partial charge >= 0.3 is 0 Å². The number of aromatic nitrogens is 1. The number of pyridine rings is 1. The van der Waals surface area contributed by atoms with Crippen LogP contribution in [0, 0.1) is 6.92 Å². The number of methoxy groups -OCH3 is 2. The largest absolute Gasteiger partial charge is 0.497 e. The third-order valence-corrected chi connectivity index (χ3v) is 5.60. The van der Waals surface area contributed by atoms with E-state index in [1.165, 1.54) is 0 Å². The summed E-state index contributed by atoms with van der Waals surface area (Å²) >= 11 is 0. The molecule has 0 unspecified atom stereocenters. The number of hydrogen-bond donors (Lipinski definition) is 3. The van der Waals surface area contributed by atoms with Gasteiger partial charge in [0, 0.05) is 49.2 Å². The summed E-state index contributed by atoms with van der Waals surface area (Å²) in [4.78, 5) is 21.8. The topological polar surface area (TPSA) is 96.9 Å². The zero-order valence-electron chi connectivity index (χ0n) is 19.6. The average Bonchev–Trinajstić information content (AvgIpc) is 3.39. The molecule has 0 bridgehead atoms. The molecule has 1 aliphatic rings. The molecule has 1 amide bonds. The molecule has 2 heterocycles. The Morgan fingerprint density at radius 1 is 1.03 bits per heavy atom. The molecule has 1 aromatic heterocycles. The standard InChI is InChI=1S/C26H29N5O3/c1-17-4-5-27-16-24(17)20-8-18(15-31-26-28-6-7-29-26)9-21(12-20)25(32)30-14-19-10-22(33-2)13-23(11-19)34-3/h4-5,8-13,16H,6-7,14-15H2,1-3H3,(H,30,32)(H2,28,29,31). The molecule has 8 nitrogen and oxygen atoms in total. The number of aryl methyl sites for hydroxylation is 1. The van der Waals surface area contributed by atoms with Crippen LogP contribution in [0.1, 0.15) is 27.0 Å². The van der Waals surface area contributed by atoms with Gasteiger partial charge in [-0.3, -0.25) is 14.8 Å². The minimum atomic E-state index is -0.164. The molecule has 4 rings (SSSR count). The molecule has 3 aromatic rings. The second-order valence-corrected chi connectivity index (χ2v) is 8.02. The van der Waals surface area contributed by atoms with E-state index >= 15 is 0 Å². The maximum absolute atomic E-state index is 13.2. The number of guanidine groups is 1. The first-order chi connectivity index (χ1) is 16.6. The normalized spacial score (nSPS) is 12.5. The Morgan fingerprint density at radius 2 is 1.79 bits per heavy atom. The molecule has 2 aromatic carbocycles. The summed E-state index contributed by atoms with van der Waals surface area (Å²) in [6.07, 6.45) is 3.60. The van der Waals surface area contributed by atoms with Crippen molar-refractivity contribution in [1.82, 2.24) is 20.9 Å². The van der Waals surface area contributed by atoms with Crippen molar-refractivity contribution in [3.05, 3.63) is 77.1 Å². The van der Waals surface area contributed by atoms with Gasteiger partial charge in [0.05, 0.1) is 20.8 Å². The fraction of sp³-hybridized carbons (Fsp3) is 0.269. The Bertz CT molecular complexity index is 1190. The quantitative estimate of drug-likeness (QED) is 0.479. The number of ether oxygens (including phenoxy) is 2. The Balaban J connectivity index is 1.57. The van der Waals surface area contributed by atoms with Crippen molar-refractivity contribution in [1.29, 1.82) is 0 Å². The fourth-order valence-corrected chi connectivity index (χ4v) is 3.80. The first-order valence-electron chi connectivity index (χ1n) is 11.1. The SMILES string of the molecule is COc1cc(CNC(=O)c2cc(CNC3=NCCN3)cc(-c3cnccc3C)c2)cc(OC)c1. The van der Waals surface area contributed by atoms with E-state index in [4.69, 9.17) is 9.47 Å². The first-order valence-corrected chi connectivity index (χ1v) is 11.1. The summed E-state index contributed by atoms with van der Waals surface area (Å²) in [6, 6.07) is 13.4. The number of benzene rings is 2. The van der Waals surface area contributed by atoms with Crippen LogP contribution in [-0.2, 0) is 13.1 Å². The van der Waals surface area contributed by atoms with Crippen LogP contribution < -0.4 is 25.4 Å². The van der Waals surface area contributed by atoms with Gasteiger partial charge in [-0.1, -0.05) is 0 Å². The minimum Gasteiger partial charge on any atom is -0.497 e. The number of aliphatic imine (C=N–C) groups is 1. The van der Waals surface area contributed by atoms with E-state index in [-0.39, 0.29) is 5.91 Å². The highest BCUT2D eigenvalue weighted by Crippen LogP contribution is 2.26. The van der Waals surface area contributed by atoms with Crippen LogP contribution in [0.2, 0.25) is 0 Å². The molecular weight excluding hydrogens is 430 g/mol. The molecule has 0 saturated carbocycles. The molecule has 0 radical (unpaired) electrons. The zero-order valence-corrected chi connectivity index (χ0v) is 19.6. The van der Waals surface area contributed by atoms with Gasteiger partial charge in [0.2, 0.25) is 0 Å².